The lowest BCUT2D eigenvalue weighted by Gasteiger charge is -2.27. The first-order valence-corrected chi connectivity index (χ1v) is 13.4. The quantitative estimate of drug-likeness (QED) is 0.223. The Balaban J connectivity index is 1.55. The summed E-state index contributed by atoms with van der Waals surface area (Å²) in [5.74, 6) is -12.5. The minimum atomic E-state index is -6.13. The van der Waals surface area contributed by atoms with Crippen LogP contribution in [0.25, 0.3) is 0 Å². The van der Waals surface area contributed by atoms with Gasteiger partial charge in [0, 0.05) is 12.8 Å². The molecule has 0 aromatic carbocycles. The fourth-order valence-electron chi connectivity index (χ4n) is 5.18. The van der Waals surface area contributed by atoms with E-state index < -0.39 is 121 Å². The normalized spacial score (nSPS) is 34.0. The highest BCUT2D eigenvalue weighted by Gasteiger charge is 2.69. The summed E-state index contributed by atoms with van der Waals surface area (Å²) < 4.78 is 153. The molecule has 1 aliphatic carbocycles. The van der Waals surface area contributed by atoms with Crippen molar-refractivity contribution >= 4 is 23.9 Å². The molecule has 9 atom stereocenters. The summed E-state index contributed by atoms with van der Waals surface area (Å²) in [5.41, 5.74) is -0.998. The van der Waals surface area contributed by atoms with Gasteiger partial charge in [-0.3, -0.25) is 14.4 Å². The lowest BCUT2D eigenvalue weighted by atomic mass is 9.90. The molecule has 20 heteroatoms. The van der Waals surface area contributed by atoms with Gasteiger partial charge in [-0.05, 0) is 27.2 Å². The molecule has 11 nitrogen and oxygen atoms in total. The van der Waals surface area contributed by atoms with Crippen molar-refractivity contribution in [1.29, 1.82) is 0 Å². The molecule has 4 rings (SSSR count). The fourth-order valence-corrected chi connectivity index (χ4v) is 5.18. The molecule has 256 valence electrons. The van der Waals surface area contributed by atoms with Crippen LogP contribution in [0.3, 0.4) is 0 Å². The number of hydrogen-bond donors (Lipinski definition) is 0. The Bertz CT molecular complexity index is 1190. The van der Waals surface area contributed by atoms with E-state index in [1.54, 1.807) is 20.8 Å². The lowest BCUT2D eigenvalue weighted by Crippen LogP contribution is -2.47. The lowest BCUT2D eigenvalue weighted by molar-refractivity contribution is -0.314. The molecule has 3 saturated heterocycles. The minimum Gasteiger partial charge on any atom is -0.454 e. The van der Waals surface area contributed by atoms with Crippen LogP contribution in [-0.2, 0) is 52.3 Å². The highest BCUT2D eigenvalue weighted by atomic mass is 19.4. The standard InChI is InChI=1S/C25H27F9O11/c1-5-21(3,4)20(38)42-13-11-12(40-17(13)37)14-18(41-11)45-22(44-14)6-9(15(35)39-8(2)23(26,27)28)10(7-22)16(36)43-19(24(29,30)31)25(32,33)34/h8-14,18-19H,5-7H2,1-4H3. The molecule has 0 amide bonds. The molecule has 9 unspecified atom stereocenters. The molecule has 0 aromatic rings. The zero-order valence-electron chi connectivity index (χ0n) is 23.7. The number of alkyl halides is 9. The van der Waals surface area contributed by atoms with Crippen LogP contribution in [0.4, 0.5) is 39.5 Å². The van der Waals surface area contributed by atoms with Gasteiger partial charge in [0.1, 0.15) is 6.10 Å². The monoisotopic (exact) mass is 674 g/mol. The van der Waals surface area contributed by atoms with Crippen molar-refractivity contribution < 1.29 is 91.8 Å². The number of rotatable bonds is 7. The van der Waals surface area contributed by atoms with Crippen LogP contribution in [0, 0.1) is 17.3 Å². The Hall–Kier alpha value is -2.87. The van der Waals surface area contributed by atoms with Crippen LogP contribution < -0.4 is 0 Å². The smallest absolute Gasteiger partial charge is 0.434 e. The van der Waals surface area contributed by atoms with Gasteiger partial charge in [-0.2, -0.15) is 39.5 Å². The highest BCUT2D eigenvalue weighted by molar-refractivity contribution is 5.84. The number of fused-ring (bicyclic) bond motifs is 3. The Labute approximate surface area is 247 Å². The van der Waals surface area contributed by atoms with E-state index in [4.69, 9.17) is 23.7 Å². The van der Waals surface area contributed by atoms with Crippen LogP contribution in [0.1, 0.15) is 47.0 Å². The predicted octanol–water partition coefficient (Wildman–Crippen LogP) is 3.65. The molecule has 3 aliphatic heterocycles. The largest absolute Gasteiger partial charge is 0.454 e. The van der Waals surface area contributed by atoms with Crippen molar-refractivity contribution in [2.45, 2.75) is 114 Å². The molecule has 3 heterocycles. The molecule has 4 aliphatic rings. The van der Waals surface area contributed by atoms with Gasteiger partial charge in [0.2, 0.25) is 6.10 Å². The van der Waals surface area contributed by atoms with Crippen molar-refractivity contribution in [3.8, 4) is 0 Å². The van der Waals surface area contributed by atoms with E-state index in [1.165, 1.54) is 0 Å². The molecule has 1 spiro atoms. The molecular formula is C25H27F9O11. The van der Waals surface area contributed by atoms with Crippen LogP contribution in [-0.4, -0.2) is 91.1 Å². The number of carbonyl (C=O) groups excluding carboxylic acids is 4. The predicted molar refractivity (Wildman–Crippen MR) is 121 cm³/mol. The van der Waals surface area contributed by atoms with Crippen LogP contribution in [0.5, 0.6) is 0 Å². The minimum absolute atomic E-state index is 0.337. The molecular weight excluding hydrogens is 647 g/mol. The Morgan fingerprint density at radius 1 is 0.844 bits per heavy atom. The summed E-state index contributed by atoms with van der Waals surface area (Å²) in [6, 6.07) is 0. The summed E-state index contributed by atoms with van der Waals surface area (Å²) >= 11 is 0. The third-order valence-electron chi connectivity index (χ3n) is 8.08. The Morgan fingerprint density at radius 3 is 1.87 bits per heavy atom. The van der Waals surface area contributed by atoms with Gasteiger partial charge in [0.05, 0.1) is 17.3 Å². The van der Waals surface area contributed by atoms with Gasteiger partial charge in [-0.1, -0.05) is 6.92 Å². The summed E-state index contributed by atoms with van der Waals surface area (Å²) in [6.45, 7) is 5.20. The molecule has 0 N–H and O–H groups in total. The van der Waals surface area contributed by atoms with E-state index >= 15 is 0 Å². The first kappa shape index (κ1) is 35.0. The second kappa shape index (κ2) is 11.4. The van der Waals surface area contributed by atoms with Crippen LogP contribution in [0.15, 0.2) is 0 Å². The second-order valence-corrected chi connectivity index (χ2v) is 11.7. The Kier molecular flexibility index (Phi) is 8.89. The van der Waals surface area contributed by atoms with Crippen molar-refractivity contribution in [2.75, 3.05) is 0 Å². The number of ether oxygens (including phenoxy) is 7. The molecule has 0 aromatic heterocycles. The van der Waals surface area contributed by atoms with Crippen molar-refractivity contribution in [2.24, 2.45) is 17.3 Å². The molecule has 0 bridgehead atoms. The van der Waals surface area contributed by atoms with E-state index in [2.05, 4.69) is 9.47 Å². The number of hydrogen-bond acceptors (Lipinski definition) is 11. The molecule has 4 fully saturated rings. The topological polar surface area (TPSA) is 133 Å². The van der Waals surface area contributed by atoms with Crippen LogP contribution >= 0.6 is 0 Å². The van der Waals surface area contributed by atoms with E-state index in [1.807, 2.05) is 0 Å². The van der Waals surface area contributed by atoms with Crippen molar-refractivity contribution in [3.05, 3.63) is 0 Å². The second-order valence-electron chi connectivity index (χ2n) is 11.7. The van der Waals surface area contributed by atoms with E-state index in [0.29, 0.717) is 13.3 Å². The van der Waals surface area contributed by atoms with E-state index in [0.717, 1.165) is 0 Å². The average molecular weight is 674 g/mol. The van der Waals surface area contributed by atoms with Gasteiger partial charge in [0.15, 0.2) is 30.4 Å². The number of halogens is 9. The zero-order chi connectivity index (χ0) is 34.1. The molecule has 1 saturated carbocycles. The molecule has 0 radical (unpaired) electrons. The van der Waals surface area contributed by atoms with Gasteiger partial charge in [-0.25, -0.2) is 4.79 Å². The SMILES string of the molecule is CCC(C)(C)C(=O)OC1C(=O)OC2C3OC4(CC(C(=O)OC(C)C(F)(F)F)C(C(=O)OC(C(F)(F)F)C(F)(F)F)C4)OC3OC12. The summed E-state index contributed by atoms with van der Waals surface area (Å²) in [5, 5.41) is 0. The van der Waals surface area contributed by atoms with Crippen molar-refractivity contribution in [1.82, 2.24) is 0 Å². The van der Waals surface area contributed by atoms with Crippen molar-refractivity contribution in [3.63, 3.8) is 0 Å². The van der Waals surface area contributed by atoms with Gasteiger partial charge < -0.3 is 33.2 Å². The summed E-state index contributed by atoms with van der Waals surface area (Å²) in [7, 11) is 0. The maximum absolute atomic E-state index is 13.1. The maximum Gasteiger partial charge on any atom is 0.434 e. The van der Waals surface area contributed by atoms with Gasteiger partial charge in [-0.15, -0.1) is 0 Å². The number of esters is 4. The van der Waals surface area contributed by atoms with E-state index in [-0.39, 0.29) is 0 Å². The third kappa shape index (κ3) is 6.81. The van der Waals surface area contributed by atoms with Gasteiger partial charge >= 0.3 is 42.4 Å². The van der Waals surface area contributed by atoms with Crippen LogP contribution in [0.2, 0.25) is 0 Å². The average Bonchev–Trinajstić information content (AvgIpc) is 3.61. The maximum atomic E-state index is 13.1. The molecule has 45 heavy (non-hydrogen) atoms. The van der Waals surface area contributed by atoms with Gasteiger partial charge in [0.25, 0.3) is 6.10 Å². The number of carbonyl (C=O) groups is 4. The van der Waals surface area contributed by atoms with E-state index in [9.17, 15) is 58.7 Å². The summed E-state index contributed by atoms with van der Waals surface area (Å²) in [4.78, 5) is 50.4. The first-order chi connectivity index (χ1) is 20.4. The fraction of sp³-hybridized carbons (Fsp3) is 0.840. The zero-order valence-corrected chi connectivity index (χ0v) is 23.7. The summed E-state index contributed by atoms with van der Waals surface area (Å²) in [6.07, 6.45) is -33.4. The Morgan fingerprint density at radius 2 is 1.38 bits per heavy atom. The highest BCUT2D eigenvalue weighted by Crippen LogP contribution is 2.53. The third-order valence-corrected chi connectivity index (χ3v) is 8.08. The first-order valence-electron chi connectivity index (χ1n) is 13.4.